The molecule has 0 aliphatic carbocycles. The zero-order chi connectivity index (χ0) is 11.9. The van der Waals surface area contributed by atoms with Crippen LogP contribution in [0.2, 0.25) is 5.02 Å². The molecule has 82 valence electrons. The zero-order valence-corrected chi connectivity index (χ0v) is 10.7. The van der Waals surface area contributed by atoms with Crippen molar-refractivity contribution >= 4 is 66.7 Å². The molecule has 0 fully saturated rings. The maximum atomic E-state index is 11.1. The Kier molecular flexibility index (Phi) is 3.22. The molecule has 1 aromatic carbocycles. The fraction of sp³-hybridized carbons (Fsp3) is 0. The lowest BCUT2D eigenvalue weighted by Crippen LogP contribution is -1.86. The van der Waals surface area contributed by atoms with E-state index in [0.717, 1.165) is 11.3 Å². The highest BCUT2D eigenvalue weighted by atomic mass is 35.5. The SMILES string of the molecule is O=C(Cl)c1ccc2c(Cl)c(C(=O)Cl)sc2c1. The summed E-state index contributed by atoms with van der Waals surface area (Å²) >= 11 is 17.8. The number of fused-ring (bicyclic) bond motifs is 1. The number of carbonyl (C=O) groups excluding carboxylic acids is 2. The fourth-order valence-electron chi connectivity index (χ4n) is 1.31. The van der Waals surface area contributed by atoms with Crippen LogP contribution in [0.5, 0.6) is 0 Å². The van der Waals surface area contributed by atoms with Crippen molar-refractivity contribution in [2.75, 3.05) is 0 Å². The molecule has 0 N–H and O–H groups in total. The predicted molar refractivity (Wildman–Crippen MR) is 67.2 cm³/mol. The van der Waals surface area contributed by atoms with Gasteiger partial charge in [0.1, 0.15) is 4.88 Å². The smallest absolute Gasteiger partial charge is 0.263 e. The van der Waals surface area contributed by atoms with Gasteiger partial charge in [0.25, 0.3) is 10.5 Å². The molecule has 0 bridgehead atoms. The molecule has 0 saturated heterocycles. The Morgan fingerprint density at radius 1 is 1.12 bits per heavy atom. The van der Waals surface area contributed by atoms with Gasteiger partial charge in [0.2, 0.25) is 0 Å². The van der Waals surface area contributed by atoms with Crippen LogP contribution in [0.3, 0.4) is 0 Å². The lowest BCUT2D eigenvalue weighted by molar-refractivity contribution is 0.107. The monoisotopic (exact) mass is 292 g/mol. The van der Waals surface area contributed by atoms with Crippen LogP contribution in [0, 0.1) is 0 Å². The highest BCUT2D eigenvalue weighted by Crippen LogP contribution is 2.36. The molecule has 0 amide bonds. The Balaban J connectivity index is 2.72. The Hall–Kier alpha value is -0.610. The van der Waals surface area contributed by atoms with Gasteiger partial charge in [0.15, 0.2) is 0 Å². The Morgan fingerprint density at radius 3 is 2.38 bits per heavy atom. The first kappa shape index (κ1) is 11.9. The number of hydrogen-bond donors (Lipinski definition) is 0. The summed E-state index contributed by atoms with van der Waals surface area (Å²) in [5.41, 5.74) is 0.362. The van der Waals surface area contributed by atoms with Gasteiger partial charge in [0.05, 0.1) is 5.02 Å². The fourth-order valence-corrected chi connectivity index (χ4v) is 3.08. The van der Waals surface area contributed by atoms with Crippen molar-refractivity contribution in [3.05, 3.63) is 33.7 Å². The molecule has 1 heterocycles. The molecule has 0 radical (unpaired) electrons. The molecule has 0 unspecified atom stereocenters. The quantitative estimate of drug-likeness (QED) is 0.773. The Bertz CT molecular complexity index is 603. The lowest BCUT2D eigenvalue weighted by atomic mass is 10.2. The van der Waals surface area contributed by atoms with Crippen LogP contribution in [0.4, 0.5) is 0 Å². The molecule has 1 aromatic heterocycles. The second kappa shape index (κ2) is 4.34. The molecule has 2 nitrogen and oxygen atoms in total. The van der Waals surface area contributed by atoms with Crippen molar-refractivity contribution in [1.29, 1.82) is 0 Å². The van der Waals surface area contributed by atoms with Gasteiger partial charge in [-0.2, -0.15) is 0 Å². The van der Waals surface area contributed by atoms with E-state index in [0.29, 0.717) is 20.7 Å². The van der Waals surface area contributed by atoms with Crippen LogP contribution in [0.25, 0.3) is 10.1 Å². The van der Waals surface area contributed by atoms with E-state index >= 15 is 0 Å². The normalized spacial score (nSPS) is 10.7. The summed E-state index contributed by atoms with van der Waals surface area (Å²) in [4.78, 5) is 22.3. The molecule has 0 spiro atoms. The number of halogens is 3. The Morgan fingerprint density at radius 2 is 1.81 bits per heavy atom. The second-order valence-corrected chi connectivity index (χ2v) is 5.12. The molecular formula is C10H3Cl3O2S. The molecule has 16 heavy (non-hydrogen) atoms. The minimum Gasteiger partial charge on any atom is -0.276 e. The van der Waals surface area contributed by atoms with E-state index in [-0.39, 0.29) is 4.88 Å². The first-order chi connectivity index (χ1) is 7.50. The molecule has 6 heteroatoms. The number of hydrogen-bond acceptors (Lipinski definition) is 3. The van der Waals surface area contributed by atoms with E-state index in [1.807, 2.05) is 0 Å². The maximum Gasteiger partial charge on any atom is 0.263 e. The molecule has 0 aliphatic rings. The van der Waals surface area contributed by atoms with Crippen molar-refractivity contribution in [3.8, 4) is 0 Å². The van der Waals surface area contributed by atoms with Gasteiger partial charge in [-0.1, -0.05) is 17.7 Å². The molecular weight excluding hydrogens is 291 g/mol. The van der Waals surface area contributed by atoms with Crippen molar-refractivity contribution in [1.82, 2.24) is 0 Å². The first-order valence-corrected chi connectivity index (χ1v) is 6.07. The van der Waals surface area contributed by atoms with E-state index < -0.39 is 10.5 Å². The van der Waals surface area contributed by atoms with Crippen LogP contribution >= 0.6 is 46.1 Å². The highest BCUT2D eigenvalue weighted by Gasteiger charge is 2.16. The van der Waals surface area contributed by atoms with Gasteiger partial charge >= 0.3 is 0 Å². The minimum absolute atomic E-state index is 0.275. The van der Waals surface area contributed by atoms with E-state index in [1.54, 1.807) is 18.2 Å². The summed E-state index contributed by atoms with van der Waals surface area (Å²) < 4.78 is 0.709. The number of thiophene rings is 1. The summed E-state index contributed by atoms with van der Waals surface area (Å²) in [6, 6.07) is 4.79. The zero-order valence-electron chi connectivity index (χ0n) is 7.59. The van der Waals surface area contributed by atoms with Crippen molar-refractivity contribution in [2.24, 2.45) is 0 Å². The summed E-state index contributed by atoms with van der Waals surface area (Å²) in [5, 5.41) is -0.152. The average Bonchev–Trinajstić information content (AvgIpc) is 2.55. The molecule has 2 aromatic rings. The van der Waals surface area contributed by atoms with E-state index in [4.69, 9.17) is 34.8 Å². The van der Waals surface area contributed by atoms with Gasteiger partial charge in [0, 0.05) is 15.6 Å². The molecule has 0 atom stereocenters. The summed E-state index contributed by atoms with van der Waals surface area (Å²) in [7, 11) is 0. The first-order valence-electron chi connectivity index (χ1n) is 4.12. The third-order valence-electron chi connectivity index (χ3n) is 2.03. The van der Waals surface area contributed by atoms with E-state index in [9.17, 15) is 9.59 Å². The topological polar surface area (TPSA) is 34.1 Å². The average molecular weight is 294 g/mol. The van der Waals surface area contributed by atoms with Crippen LogP contribution < -0.4 is 0 Å². The van der Waals surface area contributed by atoms with Crippen molar-refractivity contribution < 1.29 is 9.59 Å². The minimum atomic E-state index is -0.607. The van der Waals surface area contributed by atoms with Crippen LogP contribution in [0.1, 0.15) is 20.0 Å². The highest BCUT2D eigenvalue weighted by molar-refractivity contribution is 7.23. The third kappa shape index (κ3) is 1.96. The summed E-state index contributed by atoms with van der Waals surface area (Å²) in [6.07, 6.45) is 0. The number of carbonyl (C=O) groups is 2. The van der Waals surface area contributed by atoms with Gasteiger partial charge in [-0.05, 0) is 35.3 Å². The lowest BCUT2D eigenvalue weighted by Gasteiger charge is -1.93. The van der Waals surface area contributed by atoms with E-state index in [2.05, 4.69) is 0 Å². The molecule has 2 rings (SSSR count). The van der Waals surface area contributed by atoms with Crippen LogP contribution in [0.15, 0.2) is 18.2 Å². The largest absolute Gasteiger partial charge is 0.276 e. The number of benzene rings is 1. The predicted octanol–water partition coefficient (Wildman–Crippen LogP) is 4.31. The van der Waals surface area contributed by atoms with Gasteiger partial charge < -0.3 is 0 Å². The van der Waals surface area contributed by atoms with Gasteiger partial charge in [-0.3, -0.25) is 9.59 Å². The van der Waals surface area contributed by atoms with Gasteiger partial charge in [-0.25, -0.2) is 0 Å². The third-order valence-corrected chi connectivity index (χ3v) is 4.21. The van der Waals surface area contributed by atoms with Crippen LogP contribution in [-0.4, -0.2) is 10.5 Å². The Labute approximate surface area is 110 Å². The van der Waals surface area contributed by atoms with Crippen molar-refractivity contribution in [2.45, 2.75) is 0 Å². The summed E-state index contributed by atoms with van der Waals surface area (Å²) in [5.74, 6) is 0. The van der Waals surface area contributed by atoms with E-state index in [1.165, 1.54) is 0 Å². The summed E-state index contributed by atoms with van der Waals surface area (Å²) in [6.45, 7) is 0. The van der Waals surface area contributed by atoms with Gasteiger partial charge in [-0.15, -0.1) is 11.3 Å². The molecule has 0 saturated carbocycles. The van der Waals surface area contributed by atoms with Crippen molar-refractivity contribution in [3.63, 3.8) is 0 Å². The number of rotatable bonds is 2. The van der Waals surface area contributed by atoms with Crippen LogP contribution in [-0.2, 0) is 0 Å². The maximum absolute atomic E-state index is 11.1. The standard InChI is InChI=1S/C10H3Cl3O2S/c11-7-5-2-1-4(9(12)14)3-6(5)16-8(7)10(13)15/h1-3H. The second-order valence-electron chi connectivity index (χ2n) is 3.00. The molecule has 0 aliphatic heterocycles.